The van der Waals surface area contributed by atoms with E-state index in [4.69, 9.17) is 0 Å². The lowest BCUT2D eigenvalue weighted by Crippen LogP contribution is -2.26. The minimum atomic E-state index is -0.377. The summed E-state index contributed by atoms with van der Waals surface area (Å²) in [4.78, 5) is 10.6. The lowest BCUT2D eigenvalue weighted by atomic mass is 10.0. The molecule has 1 N–H and O–H groups in total. The normalized spacial score (nSPS) is 12.8. The van der Waals surface area contributed by atoms with Gasteiger partial charge in [-0.25, -0.2) is 4.68 Å². The van der Waals surface area contributed by atoms with E-state index in [1.165, 1.54) is 0 Å². The Bertz CT molecular complexity index is 412. The van der Waals surface area contributed by atoms with Crippen molar-refractivity contribution < 1.29 is 4.92 Å². The van der Waals surface area contributed by atoms with Crippen LogP contribution in [-0.2, 0) is 7.05 Å². The number of aromatic nitrogens is 2. The number of hydrogen-bond donors (Lipinski definition) is 1. The molecule has 1 rings (SSSR count). The average molecular weight is 240 g/mol. The first kappa shape index (κ1) is 13.5. The standard InChI is InChI=1S/C11H20N4O2/c1-6-9(7(2)3)12-11-10(15(16)17)8(4)13-14(11)5/h7,9,12H,6H2,1-5H3. The van der Waals surface area contributed by atoms with E-state index in [1.807, 2.05) is 0 Å². The van der Waals surface area contributed by atoms with E-state index in [0.29, 0.717) is 17.4 Å². The van der Waals surface area contributed by atoms with Crippen molar-refractivity contribution in [3.63, 3.8) is 0 Å². The molecule has 0 aliphatic rings. The van der Waals surface area contributed by atoms with Gasteiger partial charge in [-0.1, -0.05) is 20.8 Å². The highest BCUT2D eigenvalue weighted by Crippen LogP contribution is 2.29. The summed E-state index contributed by atoms with van der Waals surface area (Å²) < 4.78 is 1.54. The Morgan fingerprint density at radius 2 is 2.12 bits per heavy atom. The number of nitrogens with one attached hydrogen (secondary N) is 1. The molecule has 0 aliphatic carbocycles. The highest BCUT2D eigenvalue weighted by Gasteiger charge is 2.26. The van der Waals surface area contributed by atoms with E-state index >= 15 is 0 Å². The van der Waals surface area contributed by atoms with Crippen LogP contribution in [0.25, 0.3) is 0 Å². The fourth-order valence-corrected chi connectivity index (χ4v) is 1.94. The second-order valence-corrected chi connectivity index (χ2v) is 4.57. The fourth-order valence-electron chi connectivity index (χ4n) is 1.94. The molecule has 17 heavy (non-hydrogen) atoms. The van der Waals surface area contributed by atoms with E-state index in [0.717, 1.165) is 6.42 Å². The van der Waals surface area contributed by atoms with Crippen molar-refractivity contribution in [3.05, 3.63) is 15.8 Å². The number of hydrogen-bond acceptors (Lipinski definition) is 4. The predicted octanol–water partition coefficient (Wildman–Crippen LogP) is 2.48. The number of anilines is 1. The SMILES string of the molecule is CCC(Nc1c([N+](=O)[O-])c(C)nn1C)C(C)C. The smallest absolute Gasteiger partial charge is 0.333 e. The minimum Gasteiger partial charge on any atom is -0.362 e. The molecule has 6 heteroatoms. The summed E-state index contributed by atoms with van der Waals surface area (Å²) in [6.07, 6.45) is 0.916. The van der Waals surface area contributed by atoms with E-state index in [2.05, 4.69) is 31.2 Å². The van der Waals surface area contributed by atoms with E-state index < -0.39 is 0 Å². The first-order valence-electron chi connectivity index (χ1n) is 5.83. The second kappa shape index (κ2) is 5.16. The molecule has 6 nitrogen and oxygen atoms in total. The largest absolute Gasteiger partial charge is 0.362 e. The van der Waals surface area contributed by atoms with Crippen LogP contribution in [0.4, 0.5) is 11.5 Å². The molecule has 0 saturated heterocycles. The second-order valence-electron chi connectivity index (χ2n) is 4.57. The Morgan fingerprint density at radius 3 is 2.53 bits per heavy atom. The Hall–Kier alpha value is -1.59. The number of rotatable bonds is 5. The summed E-state index contributed by atoms with van der Waals surface area (Å²) >= 11 is 0. The van der Waals surface area contributed by atoms with Crippen LogP contribution in [0.1, 0.15) is 32.9 Å². The van der Waals surface area contributed by atoms with Crippen LogP contribution in [0, 0.1) is 23.0 Å². The summed E-state index contributed by atoms with van der Waals surface area (Å²) in [5, 5.41) is 18.3. The molecular formula is C11H20N4O2. The molecule has 96 valence electrons. The number of nitrogens with zero attached hydrogens (tertiary/aromatic N) is 3. The molecule has 1 unspecified atom stereocenters. The van der Waals surface area contributed by atoms with Gasteiger partial charge < -0.3 is 5.32 Å². The van der Waals surface area contributed by atoms with Gasteiger partial charge in [0, 0.05) is 13.1 Å². The lowest BCUT2D eigenvalue weighted by Gasteiger charge is -2.21. The van der Waals surface area contributed by atoms with Gasteiger partial charge in [-0.3, -0.25) is 10.1 Å². The first-order valence-corrected chi connectivity index (χ1v) is 5.83. The van der Waals surface area contributed by atoms with Gasteiger partial charge >= 0.3 is 5.69 Å². The average Bonchev–Trinajstić information content (AvgIpc) is 2.49. The lowest BCUT2D eigenvalue weighted by molar-refractivity contribution is -0.384. The van der Waals surface area contributed by atoms with E-state index in [-0.39, 0.29) is 16.7 Å². The topological polar surface area (TPSA) is 73.0 Å². The molecule has 1 heterocycles. The van der Waals surface area contributed by atoms with Gasteiger partial charge in [0.1, 0.15) is 5.69 Å². The highest BCUT2D eigenvalue weighted by molar-refractivity contribution is 5.59. The summed E-state index contributed by atoms with van der Waals surface area (Å²) in [6.45, 7) is 7.90. The molecule has 0 saturated carbocycles. The first-order chi connectivity index (χ1) is 7.88. The summed E-state index contributed by atoms with van der Waals surface area (Å²) in [7, 11) is 1.72. The Kier molecular flexibility index (Phi) is 4.09. The summed E-state index contributed by atoms with van der Waals surface area (Å²) in [5.41, 5.74) is 0.519. The minimum absolute atomic E-state index is 0.0756. The maximum absolute atomic E-state index is 11.0. The van der Waals surface area contributed by atoms with Gasteiger partial charge in [0.05, 0.1) is 4.92 Å². The van der Waals surface area contributed by atoms with Gasteiger partial charge in [0.2, 0.25) is 5.82 Å². The van der Waals surface area contributed by atoms with Gasteiger partial charge in [-0.15, -0.1) is 0 Å². The third-order valence-corrected chi connectivity index (χ3v) is 2.94. The third kappa shape index (κ3) is 2.75. The zero-order valence-corrected chi connectivity index (χ0v) is 11.0. The Morgan fingerprint density at radius 1 is 1.53 bits per heavy atom. The zero-order valence-electron chi connectivity index (χ0n) is 11.0. The maximum Gasteiger partial charge on any atom is 0.333 e. The monoisotopic (exact) mass is 240 g/mol. The van der Waals surface area contributed by atoms with Crippen molar-refractivity contribution in [1.82, 2.24) is 9.78 Å². The van der Waals surface area contributed by atoms with Crippen molar-refractivity contribution in [2.45, 2.75) is 40.2 Å². The van der Waals surface area contributed by atoms with Gasteiger partial charge in [0.25, 0.3) is 0 Å². The summed E-state index contributed by atoms with van der Waals surface area (Å²) in [5.74, 6) is 0.905. The van der Waals surface area contributed by atoms with Gasteiger partial charge in [-0.2, -0.15) is 5.10 Å². The molecule has 0 bridgehead atoms. The number of aryl methyl sites for hydroxylation is 2. The molecule has 1 aromatic rings. The van der Waals surface area contributed by atoms with E-state index in [1.54, 1.807) is 18.7 Å². The maximum atomic E-state index is 11.0. The quantitative estimate of drug-likeness (QED) is 0.634. The van der Waals surface area contributed by atoms with Crippen molar-refractivity contribution in [3.8, 4) is 0 Å². The van der Waals surface area contributed by atoms with Gasteiger partial charge in [-0.05, 0) is 19.3 Å². The predicted molar refractivity (Wildman–Crippen MR) is 67.1 cm³/mol. The Balaban J connectivity index is 3.09. The fraction of sp³-hybridized carbons (Fsp3) is 0.727. The molecule has 0 aliphatic heterocycles. The van der Waals surface area contributed by atoms with Crippen molar-refractivity contribution in [2.75, 3.05) is 5.32 Å². The van der Waals surface area contributed by atoms with Crippen LogP contribution in [0.5, 0.6) is 0 Å². The van der Waals surface area contributed by atoms with Crippen LogP contribution in [-0.4, -0.2) is 20.7 Å². The van der Waals surface area contributed by atoms with E-state index in [9.17, 15) is 10.1 Å². The molecule has 0 aromatic carbocycles. The van der Waals surface area contributed by atoms with Crippen LogP contribution >= 0.6 is 0 Å². The molecule has 0 spiro atoms. The number of nitro groups is 1. The van der Waals surface area contributed by atoms with Crippen LogP contribution in [0.15, 0.2) is 0 Å². The van der Waals surface area contributed by atoms with Crippen LogP contribution in [0.3, 0.4) is 0 Å². The molecular weight excluding hydrogens is 220 g/mol. The Labute approximate surface area is 101 Å². The van der Waals surface area contributed by atoms with Gasteiger partial charge in [0.15, 0.2) is 0 Å². The molecule has 1 aromatic heterocycles. The molecule has 0 amide bonds. The zero-order chi connectivity index (χ0) is 13.2. The summed E-state index contributed by atoms with van der Waals surface area (Å²) in [6, 6.07) is 0.212. The van der Waals surface area contributed by atoms with Crippen molar-refractivity contribution in [2.24, 2.45) is 13.0 Å². The van der Waals surface area contributed by atoms with Crippen molar-refractivity contribution >= 4 is 11.5 Å². The molecule has 0 fully saturated rings. The van der Waals surface area contributed by atoms with Crippen molar-refractivity contribution in [1.29, 1.82) is 0 Å². The highest BCUT2D eigenvalue weighted by atomic mass is 16.6. The molecule has 0 radical (unpaired) electrons. The van der Waals surface area contributed by atoms with Crippen LogP contribution < -0.4 is 5.32 Å². The van der Waals surface area contributed by atoms with Crippen LogP contribution in [0.2, 0.25) is 0 Å². The molecule has 1 atom stereocenters. The third-order valence-electron chi connectivity index (χ3n) is 2.94.